The van der Waals surface area contributed by atoms with Crippen molar-refractivity contribution >= 4 is 29.1 Å². The molecule has 0 bridgehead atoms. The van der Waals surface area contributed by atoms with Crippen LogP contribution in [0.3, 0.4) is 0 Å². The number of thioether (sulfide) groups is 1. The number of hydrogen-bond donors (Lipinski definition) is 1. The highest BCUT2D eigenvalue weighted by Crippen LogP contribution is 2.13. The summed E-state index contributed by atoms with van der Waals surface area (Å²) in [5, 5.41) is 3.47. The molecular formula is C14H22ClNS. The maximum absolute atomic E-state index is 5.71. The third kappa shape index (κ3) is 6.85. The standard InChI is InChI=1S/C14H22ClNS/c1-2-17-11-5-10-16-14-8-3-6-13(12-14)7-4-9-15/h3,6,8,12,16H,2,4-5,7,9-11H2,1H3. The Kier molecular flexibility index (Phi) is 8.37. The Balaban J connectivity index is 2.27. The van der Waals surface area contributed by atoms with E-state index in [2.05, 4.69) is 36.5 Å². The molecule has 0 heterocycles. The van der Waals surface area contributed by atoms with Gasteiger partial charge in [-0.3, -0.25) is 0 Å². The topological polar surface area (TPSA) is 12.0 Å². The molecule has 1 nitrogen and oxygen atoms in total. The second-order valence-electron chi connectivity index (χ2n) is 3.97. The summed E-state index contributed by atoms with van der Waals surface area (Å²) in [5.74, 6) is 3.20. The van der Waals surface area contributed by atoms with Crippen LogP contribution in [0.15, 0.2) is 24.3 Å². The quantitative estimate of drug-likeness (QED) is 0.527. The normalized spacial score (nSPS) is 10.5. The van der Waals surface area contributed by atoms with Crippen LogP contribution in [-0.2, 0) is 6.42 Å². The van der Waals surface area contributed by atoms with Gasteiger partial charge in [0.15, 0.2) is 0 Å². The molecule has 0 aliphatic rings. The van der Waals surface area contributed by atoms with Crippen LogP contribution in [0.25, 0.3) is 0 Å². The van der Waals surface area contributed by atoms with Crippen molar-refractivity contribution < 1.29 is 0 Å². The van der Waals surface area contributed by atoms with Crippen molar-refractivity contribution in [3.63, 3.8) is 0 Å². The predicted octanol–water partition coefficient (Wildman–Crippen LogP) is 4.41. The summed E-state index contributed by atoms with van der Waals surface area (Å²) in [6.07, 6.45) is 3.35. The van der Waals surface area contributed by atoms with E-state index in [-0.39, 0.29) is 0 Å². The summed E-state index contributed by atoms with van der Waals surface area (Å²) < 4.78 is 0. The van der Waals surface area contributed by atoms with Gasteiger partial charge < -0.3 is 5.32 Å². The van der Waals surface area contributed by atoms with Crippen molar-refractivity contribution in [1.82, 2.24) is 0 Å². The van der Waals surface area contributed by atoms with Crippen molar-refractivity contribution in [3.8, 4) is 0 Å². The average Bonchev–Trinajstić information content (AvgIpc) is 2.37. The summed E-state index contributed by atoms with van der Waals surface area (Å²) in [4.78, 5) is 0. The molecule has 0 unspecified atom stereocenters. The first kappa shape index (κ1) is 14.7. The van der Waals surface area contributed by atoms with Gasteiger partial charge in [0.25, 0.3) is 0 Å². The van der Waals surface area contributed by atoms with Crippen molar-refractivity contribution in [2.24, 2.45) is 0 Å². The van der Waals surface area contributed by atoms with Crippen LogP contribution in [0.5, 0.6) is 0 Å². The average molecular weight is 272 g/mol. The lowest BCUT2D eigenvalue weighted by Gasteiger charge is -2.08. The molecule has 0 spiro atoms. The molecule has 1 N–H and O–H groups in total. The first-order valence-corrected chi connectivity index (χ1v) is 8.02. The minimum absolute atomic E-state index is 0.742. The molecule has 17 heavy (non-hydrogen) atoms. The number of benzene rings is 1. The first-order valence-electron chi connectivity index (χ1n) is 6.33. The van der Waals surface area contributed by atoms with Gasteiger partial charge in [0.05, 0.1) is 0 Å². The van der Waals surface area contributed by atoms with E-state index in [9.17, 15) is 0 Å². The molecule has 0 amide bonds. The van der Waals surface area contributed by atoms with Crippen LogP contribution in [0.1, 0.15) is 25.3 Å². The van der Waals surface area contributed by atoms with Gasteiger partial charge in [-0.05, 0) is 48.5 Å². The first-order chi connectivity index (χ1) is 8.36. The fourth-order valence-corrected chi connectivity index (χ4v) is 2.43. The number of halogens is 1. The van der Waals surface area contributed by atoms with Crippen LogP contribution < -0.4 is 5.32 Å². The molecular weight excluding hydrogens is 250 g/mol. The molecule has 1 aromatic carbocycles. The van der Waals surface area contributed by atoms with Gasteiger partial charge in [0.2, 0.25) is 0 Å². The maximum Gasteiger partial charge on any atom is 0.0342 e. The fourth-order valence-electron chi connectivity index (χ4n) is 1.66. The molecule has 0 aromatic heterocycles. The van der Waals surface area contributed by atoms with Gasteiger partial charge in [-0.1, -0.05) is 19.1 Å². The monoisotopic (exact) mass is 271 g/mol. The van der Waals surface area contributed by atoms with Crippen LogP contribution in [0.4, 0.5) is 5.69 Å². The summed E-state index contributed by atoms with van der Waals surface area (Å²) in [7, 11) is 0. The van der Waals surface area contributed by atoms with Crippen LogP contribution in [0, 0.1) is 0 Å². The Morgan fingerprint density at radius 3 is 2.94 bits per heavy atom. The lowest BCUT2D eigenvalue weighted by molar-refractivity contribution is 0.927. The molecule has 0 aliphatic carbocycles. The van der Waals surface area contributed by atoms with Crippen molar-refractivity contribution in [3.05, 3.63) is 29.8 Å². The van der Waals surface area contributed by atoms with E-state index in [4.69, 9.17) is 11.6 Å². The molecule has 0 aliphatic heterocycles. The highest BCUT2D eigenvalue weighted by atomic mass is 35.5. The van der Waals surface area contributed by atoms with E-state index in [1.165, 1.54) is 29.2 Å². The molecule has 3 heteroatoms. The van der Waals surface area contributed by atoms with Crippen molar-refractivity contribution in [1.29, 1.82) is 0 Å². The van der Waals surface area contributed by atoms with Crippen molar-refractivity contribution in [2.75, 3.05) is 29.2 Å². The lowest BCUT2D eigenvalue weighted by Crippen LogP contribution is -2.03. The number of nitrogens with one attached hydrogen (secondary N) is 1. The van der Waals surface area contributed by atoms with Gasteiger partial charge in [-0.15, -0.1) is 11.6 Å². The van der Waals surface area contributed by atoms with E-state index in [1.807, 2.05) is 11.8 Å². The smallest absolute Gasteiger partial charge is 0.0342 e. The van der Waals surface area contributed by atoms with Crippen molar-refractivity contribution in [2.45, 2.75) is 26.2 Å². The number of rotatable bonds is 9. The van der Waals surface area contributed by atoms with Gasteiger partial charge in [0, 0.05) is 18.1 Å². The third-order valence-electron chi connectivity index (χ3n) is 2.52. The van der Waals surface area contributed by atoms with Crippen LogP contribution >= 0.6 is 23.4 Å². The number of aryl methyl sites for hydroxylation is 1. The Morgan fingerprint density at radius 2 is 2.18 bits per heavy atom. The largest absolute Gasteiger partial charge is 0.385 e. The molecule has 0 saturated carbocycles. The molecule has 1 rings (SSSR count). The number of hydrogen-bond acceptors (Lipinski definition) is 2. The molecule has 0 fully saturated rings. The van der Waals surface area contributed by atoms with Gasteiger partial charge in [-0.2, -0.15) is 11.8 Å². The Morgan fingerprint density at radius 1 is 1.29 bits per heavy atom. The van der Waals surface area contributed by atoms with Gasteiger partial charge in [0.1, 0.15) is 0 Å². The fraction of sp³-hybridized carbons (Fsp3) is 0.571. The maximum atomic E-state index is 5.71. The Hall–Kier alpha value is -0.340. The minimum atomic E-state index is 0.742. The summed E-state index contributed by atoms with van der Waals surface area (Å²) >= 11 is 7.71. The highest BCUT2D eigenvalue weighted by Gasteiger charge is 1.96. The van der Waals surface area contributed by atoms with E-state index in [0.717, 1.165) is 25.3 Å². The Labute approximate surface area is 114 Å². The predicted molar refractivity (Wildman–Crippen MR) is 81.6 cm³/mol. The summed E-state index contributed by atoms with van der Waals surface area (Å²) in [6, 6.07) is 8.66. The molecule has 96 valence electrons. The Bertz CT molecular complexity index is 304. The zero-order valence-corrected chi connectivity index (χ0v) is 12.1. The van der Waals surface area contributed by atoms with E-state index < -0.39 is 0 Å². The summed E-state index contributed by atoms with van der Waals surface area (Å²) in [5.41, 5.74) is 2.61. The van der Waals surface area contributed by atoms with E-state index in [1.54, 1.807) is 0 Å². The molecule has 0 atom stereocenters. The number of anilines is 1. The van der Waals surface area contributed by atoms with Crippen LogP contribution in [-0.4, -0.2) is 23.9 Å². The van der Waals surface area contributed by atoms with E-state index >= 15 is 0 Å². The third-order valence-corrected chi connectivity index (χ3v) is 3.78. The molecule has 1 aromatic rings. The zero-order chi connectivity index (χ0) is 12.3. The zero-order valence-electron chi connectivity index (χ0n) is 10.5. The second-order valence-corrected chi connectivity index (χ2v) is 5.74. The van der Waals surface area contributed by atoms with Gasteiger partial charge >= 0.3 is 0 Å². The highest BCUT2D eigenvalue weighted by molar-refractivity contribution is 7.99. The number of alkyl halides is 1. The van der Waals surface area contributed by atoms with Gasteiger partial charge in [-0.25, -0.2) is 0 Å². The summed E-state index contributed by atoms with van der Waals surface area (Å²) in [6.45, 7) is 3.27. The molecule has 0 radical (unpaired) electrons. The SMILES string of the molecule is CCSCCCNc1cccc(CCCCl)c1. The molecule has 0 saturated heterocycles. The van der Waals surface area contributed by atoms with E-state index in [0.29, 0.717) is 0 Å². The lowest BCUT2D eigenvalue weighted by atomic mass is 10.1. The minimum Gasteiger partial charge on any atom is -0.385 e. The second kappa shape index (κ2) is 9.67. The van der Waals surface area contributed by atoms with Crippen LogP contribution in [0.2, 0.25) is 0 Å².